The van der Waals surface area contributed by atoms with E-state index in [0.717, 1.165) is 5.56 Å². The molecule has 1 N–H and O–H groups in total. The van der Waals surface area contributed by atoms with E-state index in [1.165, 1.54) is 16.3 Å². The third-order valence-corrected chi connectivity index (χ3v) is 5.40. The van der Waals surface area contributed by atoms with E-state index in [2.05, 4.69) is 10.3 Å². The number of thioether (sulfide) groups is 1. The first-order valence-electron chi connectivity index (χ1n) is 8.45. The van der Waals surface area contributed by atoms with Gasteiger partial charge in [0.15, 0.2) is 5.16 Å². The molecule has 0 aliphatic rings. The van der Waals surface area contributed by atoms with E-state index in [0.29, 0.717) is 16.1 Å². The second-order valence-electron chi connectivity index (χ2n) is 6.18. The lowest BCUT2D eigenvalue weighted by molar-refractivity contribution is -0.120. The predicted octanol–water partition coefficient (Wildman–Crippen LogP) is 3.29. The summed E-state index contributed by atoms with van der Waals surface area (Å²) < 4.78 is 1.50. The normalized spacial score (nSPS) is 13.3. The summed E-state index contributed by atoms with van der Waals surface area (Å²) in [7, 11) is 1.68. The molecule has 0 radical (unpaired) electrons. The van der Waals surface area contributed by atoms with Gasteiger partial charge in [-0.15, -0.1) is 0 Å². The van der Waals surface area contributed by atoms with E-state index in [4.69, 9.17) is 0 Å². The lowest BCUT2D eigenvalue weighted by Gasteiger charge is -2.18. The molecule has 0 fully saturated rings. The van der Waals surface area contributed by atoms with Crippen molar-refractivity contribution in [1.29, 1.82) is 0 Å². The lowest BCUT2D eigenvalue weighted by atomic mass is 10.1. The lowest BCUT2D eigenvalue weighted by Crippen LogP contribution is -2.33. The highest BCUT2D eigenvalue weighted by atomic mass is 32.2. The van der Waals surface area contributed by atoms with Gasteiger partial charge in [-0.3, -0.25) is 14.2 Å². The molecule has 0 unspecified atom stereocenters. The third kappa shape index (κ3) is 3.80. The minimum Gasteiger partial charge on any atom is -0.349 e. The van der Waals surface area contributed by atoms with Crippen LogP contribution < -0.4 is 10.9 Å². The Balaban J connectivity index is 1.76. The topological polar surface area (TPSA) is 64.0 Å². The van der Waals surface area contributed by atoms with E-state index in [1.807, 2.05) is 62.4 Å². The highest BCUT2D eigenvalue weighted by Crippen LogP contribution is 2.23. The first-order valence-corrected chi connectivity index (χ1v) is 9.33. The summed E-state index contributed by atoms with van der Waals surface area (Å²) in [4.78, 5) is 29.6. The van der Waals surface area contributed by atoms with Crippen LogP contribution in [0.25, 0.3) is 10.9 Å². The number of nitrogens with zero attached hydrogens (tertiary/aromatic N) is 2. The van der Waals surface area contributed by atoms with E-state index in [1.54, 1.807) is 13.1 Å². The Hall–Kier alpha value is -2.60. The zero-order valence-electron chi connectivity index (χ0n) is 15.0. The molecule has 26 heavy (non-hydrogen) atoms. The summed E-state index contributed by atoms with van der Waals surface area (Å²) in [6.07, 6.45) is 0. The number of rotatable bonds is 5. The molecule has 1 amide bonds. The summed E-state index contributed by atoms with van der Waals surface area (Å²) in [5.41, 5.74) is 1.58. The van der Waals surface area contributed by atoms with Gasteiger partial charge in [0.2, 0.25) is 5.91 Å². The van der Waals surface area contributed by atoms with Crippen LogP contribution in [-0.2, 0) is 11.8 Å². The van der Waals surface area contributed by atoms with Gasteiger partial charge in [0, 0.05) is 7.05 Å². The van der Waals surface area contributed by atoms with Gasteiger partial charge in [-0.1, -0.05) is 54.2 Å². The molecule has 1 heterocycles. The van der Waals surface area contributed by atoms with E-state index >= 15 is 0 Å². The average molecular weight is 367 g/mol. The van der Waals surface area contributed by atoms with Crippen molar-refractivity contribution in [2.45, 2.75) is 30.3 Å². The number of carbonyl (C=O) groups is 1. The molecule has 0 aliphatic carbocycles. The minimum atomic E-state index is -0.375. The number of amides is 1. The van der Waals surface area contributed by atoms with Crippen molar-refractivity contribution in [3.8, 4) is 0 Å². The molecular weight excluding hydrogens is 346 g/mol. The van der Waals surface area contributed by atoms with Crippen molar-refractivity contribution in [3.63, 3.8) is 0 Å². The SMILES string of the molecule is C[C@H](NC(=O)[C@@H](C)Sc1nc2ccccc2c(=O)n1C)c1ccccc1. The van der Waals surface area contributed by atoms with Crippen LogP contribution >= 0.6 is 11.8 Å². The molecular formula is C20H21N3O2S. The Labute approximate surface area is 156 Å². The maximum absolute atomic E-state index is 12.5. The van der Waals surface area contributed by atoms with Gasteiger partial charge in [-0.05, 0) is 31.5 Å². The monoisotopic (exact) mass is 367 g/mol. The number of hydrogen-bond acceptors (Lipinski definition) is 4. The molecule has 0 spiro atoms. The Morgan fingerprint density at radius 2 is 1.73 bits per heavy atom. The summed E-state index contributed by atoms with van der Waals surface area (Å²) in [6, 6.07) is 17.0. The molecule has 1 aromatic heterocycles. The second kappa shape index (κ2) is 7.74. The number of fused-ring (bicyclic) bond motifs is 1. The Morgan fingerprint density at radius 3 is 2.46 bits per heavy atom. The first-order chi connectivity index (χ1) is 12.5. The van der Waals surface area contributed by atoms with Gasteiger partial charge in [0.25, 0.3) is 5.56 Å². The fourth-order valence-electron chi connectivity index (χ4n) is 2.67. The summed E-state index contributed by atoms with van der Waals surface area (Å²) in [5.74, 6) is -0.0891. The first kappa shape index (κ1) is 18.2. The van der Waals surface area contributed by atoms with Crippen molar-refractivity contribution < 1.29 is 4.79 Å². The molecule has 0 bridgehead atoms. The fourth-order valence-corrected chi connectivity index (χ4v) is 3.55. The maximum Gasteiger partial charge on any atom is 0.261 e. The van der Waals surface area contributed by atoms with E-state index in [9.17, 15) is 9.59 Å². The number of nitrogens with one attached hydrogen (secondary N) is 1. The number of hydrogen-bond donors (Lipinski definition) is 1. The second-order valence-corrected chi connectivity index (χ2v) is 7.48. The van der Waals surface area contributed by atoms with E-state index < -0.39 is 0 Å². The van der Waals surface area contributed by atoms with Gasteiger partial charge >= 0.3 is 0 Å². The molecule has 3 rings (SSSR count). The van der Waals surface area contributed by atoms with Crippen molar-refractivity contribution in [2.24, 2.45) is 7.05 Å². The van der Waals surface area contributed by atoms with E-state index in [-0.39, 0.29) is 22.8 Å². The van der Waals surface area contributed by atoms with Crippen molar-refractivity contribution in [2.75, 3.05) is 0 Å². The quantitative estimate of drug-likeness (QED) is 0.555. The highest BCUT2D eigenvalue weighted by molar-refractivity contribution is 8.00. The Morgan fingerprint density at radius 1 is 1.08 bits per heavy atom. The summed E-state index contributed by atoms with van der Waals surface area (Å²) >= 11 is 1.28. The van der Waals surface area contributed by atoms with Gasteiger partial charge in [0.1, 0.15) is 0 Å². The average Bonchev–Trinajstić information content (AvgIpc) is 2.66. The zero-order chi connectivity index (χ0) is 18.7. The van der Waals surface area contributed by atoms with Gasteiger partial charge < -0.3 is 5.32 Å². The predicted molar refractivity (Wildman–Crippen MR) is 105 cm³/mol. The highest BCUT2D eigenvalue weighted by Gasteiger charge is 2.20. The molecule has 2 atom stereocenters. The Kier molecular flexibility index (Phi) is 5.42. The molecule has 3 aromatic rings. The van der Waals surface area contributed by atoms with Crippen LogP contribution in [0.15, 0.2) is 64.5 Å². The van der Waals surface area contributed by atoms with Crippen LogP contribution in [-0.4, -0.2) is 20.7 Å². The Bertz CT molecular complexity index is 985. The molecule has 5 nitrogen and oxygen atoms in total. The van der Waals surface area contributed by atoms with Crippen LogP contribution in [0.4, 0.5) is 0 Å². The summed E-state index contributed by atoms with van der Waals surface area (Å²) in [6.45, 7) is 3.77. The van der Waals surface area contributed by atoms with Crippen LogP contribution in [0.3, 0.4) is 0 Å². The maximum atomic E-state index is 12.5. The molecule has 134 valence electrons. The van der Waals surface area contributed by atoms with Gasteiger partial charge in [0.05, 0.1) is 22.2 Å². The smallest absolute Gasteiger partial charge is 0.261 e. The third-order valence-electron chi connectivity index (χ3n) is 4.25. The molecule has 0 saturated heterocycles. The number of para-hydroxylation sites is 1. The van der Waals surface area contributed by atoms with Gasteiger partial charge in [-0.25, -0.2) is 4.98 Å². The standard InChI is InChI=1S/C20H21N3O2S/c1-13(15-9-5-4-6-10-15)21-18(24)14(2)26-20-22-17-12-8-7-11-16(17)19(25)23(20)3/h4-14H,1-3H3,(H,21,24)/t13-,14+/m0/s1. The molecule has 2 aromatic carbocycles. The minimum absolute atomic E-state index is 0.0832. The number of aromatic nitrogens is 2. The molecule has 0 saturated carbocycles. The number of carbonyl (C=O) groups excluding carboxylic acids is 1. The van der Waals surface area contributed by atoms with Crippen molar-refractivity contribution in [1.82, 2.24) is 14.9 Å². The van der Waals surface area contributed by atoms with Crippen LogP contribution in [0.1, 0.15) is 25.5 Å². The summed E-state index contributed by atoms with van der Waals surface area (Å²) in [5, 5.41) is 3.75. The van der Waals surface area contributed by atoms with Crippen molar-refractivity contribution in [3.05, 3.63) is 70.5 Å². The zero-order valence-corrected chi connectivity index (χ0v) is 15.8. The van der Waals surface area contributed by atoms with Gasteiger partial charge in [-0.2, -0.15) is 0 Å². The molecule has 0 aliphatic heterocycles. The fraction of sp³-hybridized carbons (Fsp3) is 0.250. The van der Waals surface area contributed by atoms with Crippen molar-refractivity contribution >= 4 is 28.6 Å². The number of benzene rings is 2. The molecule has 6 heteroatoms. The van der Waals surface area contributed by atoms with Crippen LogP contribution in [0, 0.1) is 0 Å². The largest absolute Gasteiger partial charge is 0.349 e. The van der Waals surface area contributed by atoms with Crippen LogP contribution in [0.2, 0.25) is 0 Å². The van der Waals surface area contributed by atoms with Crippen LogP contribution in [0.5, 0.6) is 0 Å².